The van der Waals surface area contributed by atoms with E-state index in [1.54, 1.807) is 0 Å². The number of benzene rings is 1. The van der Waals surface area contributed by atoms with E-state index in [1.807, 2.05) is 49.8 Å². The fourth-order valence-corrected chi connectivity index (χ4v) is 3.30. The fraction of sp³-hybridized carbons (Fsp3) is 0.444. The van der Waals surface area contributed by atoms with Crippen molar-refractivity contribution < 1.29 is 4.79 Å². The maximum Gasteiger partial charge on any atom is 0.168 e. The molecule has 1 aliphatic heterocycles. The van der Waals surface area contributed by atoms with Crippen LogP contribution < -0.4 is 5.32 Å². The van der Waals surface area contributed by atoms with Crippen LogP contribution in [0.25, 0.3) is 0 Å². The first-order valence-electron chi connectivity index (χ1n) is 8.02. The third-order valence-electron chi connectivity index (χ3n) is 4.66. The molecule has 0 amide bonds. The number of piperidine rings is 1. The van der Waals surface area contributed by atoms with Gasteiger partial charge in [-0.05, 0) is 38.8 Å². The summed E-state index contributed by atoms with van der Waals surface area (Å²) in [6.07, 6.45) is 5.82. The number of rotatable bonds is 5. The van der Waals surface area contributed by atoms with Gasteiger partial charge in [0.1, 0.15) is 0 Å². The Hall–Kier alpha value is -1.94. The number of hydrogen-bond acceptors (Lipinski definition) is 3. The molecule has 1 atom stereocenters. The van der Waals surface area contributed by atoms with Gasteiger partial charge in [-0.15, -0.1) is 0 Å². The van der Waals surface area contributed by atoms with Gasteiger partial charge in [0.05, 0.1) is 6.33 Å². The van der Waals surface area contributed by atoms with Gasteiger partial charge in [0.15, 0.2) is 5.78 Å². The van der Waals surface area contributed by atoms with Gasteiger partial charge in [0.2, 0.25) is 0 Å². The molecule has 1 aromatic heterocycles. The number of aromatic nitrogens is 2. The van der Waals surface area contributed by atoms with E-state index in [0.29, 0.717) is 5.92 Å². The van der Waals surface area contributed by atoms with E-state index < -0.39 is 0 Å². The van der Waals surface area contributed by atoms with E-state index in [1.165, 1.54) is 0 Å². The second-order valence-electron chi connectivity index (χ2n) is 6.11. The summed E-state index contributed by atoms with van der Waals surface area (Å²) in [7, 11) is 0. The van der Waals surface area contributed by atoms with Crippen LogP contribution in [-0.2, 0) is 6.54 Å². The number of nitrogens with one attached hydrogen (secondary N) is 1. The number of ketones is 1. The normalized spacial score (nSPS) is 17.3. The second-order valence-corrected chi connectivity index (χ2v) is 6.11. The Morgan fingerprint density at radius 1 is 1.32 bits per heavy atom. The van der Waals surface area contributed by atoms with Crippen LogP contribution in [0.5, 0.6) is 0 Å². The van der Waals surface area contributed by atoms with Crippen molar-refractivity contribution in [3.05, 3.63) is 54.1 Å². The Morgan fingerprint density at radius 2 is 2.05 bits per heavy atom. The van der Waals surface area contributed by atoms with Crippen molar-refractivity contribution in [2.75, 3.05) is 13.1 Å². The number of aryl methyl sites for hydroxylation is 1. The molecular weight excluding hydrogens is 274 g/mol. The van der Waals surface area contributed by atoms with Crippen LogP contribution in [0.1, 0.15) is 28.9 Å². The molecule has 0 bridgehead atoms. The summed E-state index contributed by atoms with van der Waals surface area (Å²) in [4.78, 5) is 17.2. The molecule has 1 unspecified atom stereocenters. The van der Waals surface area contributed by atoms with Crippen molar-refractivity contribution in [2.45, 2.75) is 26.3 Å². The predicted molar refractivity (Wildman–Crippen MR) is 86.8 cm³/mol. The zero-order valence-electron chi connectivity index (χ0n) is 13.0. The summed E-state index contributed by atoms with van der Waals surface area (Å²) in [5.41, 5.74) is 1.93. The smallest absolute Gasteiger partial charge is 0.168 e. The summed E-state index contributed by atoms with van der Waals surface area (Å²) in [6.45, 7) is 4.78. The average Bonchev–Trinajstić information content (AvgIpc) is 2.98. The van der Waals surface area contributed by atoms with Gasteiger partial charge in [0.25, 0.3) is 0 Å². The molecule has 116 valence electrons. The molecule has 1 fully saturated rings. The summed E-state index contributed by atoms with van der Waals surface area (Å²) in [6, 6.07) is 9.69. The van der Waals surface area contributed by atoms with Crippen molar-refractivity contribution in [1.82, 2.24) is 14.9 Å². The zero-order valence-corrected chi connectivity index (χ0v) is 13.0. The molecule has 4 nitrogen and oxygen atoms in total. The van der Waals surface area contributed by atoms with Crippen molar-refractivity contribution in [2.24, 2.45) is 11.8 Å². The molecular formula is C18H23N3O. The highest BCUT2D eigenvalue weighted by atomic mass is 16.1. The van der Waals surface area contributed by atoms with Gasteiger partial charge < -0.3 is 9.88 Å². The number of carbonyl (C=O) groups excluding carboxylic acids is 1. The molecule has 0 aliphatic carbocycles. The summed E-state index contributed by atoms with van der Waals surface area (Å²) < 4.78 is 2.10. The topological polar surface area (TPSA) is 46.9 Å². The maximum absolute atomic E-state index is 13.0. The SMILES string of the molecule is Cc1cncn1CC(C(=O)c1ccccc1)C1CCNCC1. The lowest BCUT2D eigenvalue weighted by Crippen LogP contribution is -2.36. The van der Waals surface area contributed by atoms with Crippen molar-refractivity contribution in [3.63, 3.8) is 0 Å². The molecule has 0 spiro atoms. The minimum Gasteiger partial charge on any atom is -0.334 e. The van der Waals surface area contributed by atoms with Gasteiger partial charge in [-0.1, -0.05) is 30.3 Å². The van der Waals surface area contributed by atoms with Crippen LogP contribution in [0, 0.1) is 18.8 Å². The summed E-state index contributed by atoms with van der Waals surface area (Å²) >= 11 is 0. The molecule has 3 rings (SSSR count). The molecule has 1 aliphatic rings. The highest BCUT2D eigenvalue weighted by Crippen LogP contribution is 2.27. The van der Waals surface area contributed by atoms with Crippen LogP contribution in [0.2, 0.25) is 0 Å². The molecule has 1 aromatic carbocycles. The first kappa shape index (κ1) is 15.0. The molecule has 0 saturated carbocycles. The average molecular weight is 297 g/mol. The van der Waals surface area contributed by atoms with E-state index in [9.17, 15) is 4.79 Å². The van der Waals surface area contributed by atoms with E-state index in [-0.39, 0.29) is 11.7 Å². The lowest BCUT2D eigenvalue weighted by atomic mass is 9.80. The molecule has 0 radical (unpaired) electrons. The number of imidazole rings is 1. The van der Waals surface area contributed by atoms with Gasteiger partial charge in [-0.2, -0.15) is 0 Å². The largest absolute Gasteiger partial charge is 0.334 e. The molecule has 22 heavy (non-hydrogen) atoms. The molecule has 2 heterocycles. The van der Waals surface area contributed by atoms with E-state index in [4.69, 9.17) is 0 Å². The lowest BCUT2D eigenvalue weighted by molar-refractivity contribution is 0.0828. The Bertz CT molecular complexity index is 614. The molecule has 1 N–H and O–H groups in total. The van der Waals surface area contributed by atoms with Gasteiger partial charge in [-0.3, -0.25) is 4.79 Å². The fourth-order valence-electron chi connectivity index (χ4n) is 3.30. The van der Waals surface area contributed by atoms with E-state index in [0.717, 1.165) is 43.7 Å². The van der Waals surface area contributed by atoms with Gasteiger partial charge in [-0.25, -0.2) is 4.98 Å². The Labute approximate surface area is 131 Å². The third kappa shape index (κ3) is 3.28. The van der Waals surface area contributed by atoms with E-state index in [2.05, 4.69) is 14.9 Å². The minimum absolute atomic E-state index is 0.0254. The lowest BCUT2D eigenvalue weighted by Gasteiger charge is -2.30. The second kappa shape index (κ2) is 6.88. The van der Waals surface area contributed by atoms with Crippen LogP contribution in [0.4, 0.5) is 0 Å². The number of carbonyl (C=O) groups is 1. The van der Waals surface area contributed by atoms with Crippen LogP contribution in [0.15, 0.2) is 42.9 Å². The Balaban J connectivity index is 1.85. The summed E-state index contributed by atoms with van der Waals surface area (Å²) in [5.74, 6) is 0.730. The monoisotopic (exact) mass is 297 g/mol. The summed E-state index contributed by atoms with van der Waals surface area (Å²) in [5, 5.41) is 3.39. The van der Waals surface area contributed by atoms with Crippen LogP contribution in [0.3, 0.4) is 0 Å². The zero-order chi connectivity index (χ0) is 15.4. The first-order chi connectivity index (χ1) is 10.8. The van der Waals surface area contributed by atoms with Gasteiger partial charge >= 0.3 is 0 Å². The highest BCUT2D eigenvalue weighted by molar-refractivity contribution is 5.98. The number of Topliss-reactive ketones (excluding diaryl/α,β-unsaturated/α-hetero) is 1. The quantitative estimate of drug-likeness (QED) is 0.863. The highest BCUT2D eigenvalue weighted by Gasteiger charge is 2.30. The Morgan fingerprint density at radius 3 is 2.68 bits per heavy atom. The molecule has 1 saturated heterocycles. The number of nitrogens with zero attached hydrogens (tertiary/aromatic N) is 2. The standard InChI is InChI=1S/C18H23N3O/c1-14-11-20-13-21(14)12-17(15-7-9-19-10-8-15)18(22)16-5-3-2-4-6-16/h2-6,11,13,15,17,19H,7-10,12H2,1H3. The third-order valence-corrected chi connectivity index (χ3v) is 4.66. The molecule has 4 heteroatoms. The minimum atomic E-state index is 0.0254. The van der Waals surface area contributed by atoms with E-state index >= 15 is 0 Å². The van der Waals surface area contributed by atoms with Crippen molar-refractivity contribution >= 4 is 5.78 Å². The maximum atomic E-state index is 13.0. The Kier molecular flexibility index (Phi) is 4.68. The van der Waals surface area contributed by atoms with Crippen LogP contribution >= 0.6 is 0 Å². The van der Waals surface area contributed by atoms with Crippen molar-refractivity contribution in [3.8, 4) is 0 Å². The van der Waals surface area contributed by atoms with Crippen molar-refractivity contribution in [1.29, 1.82) is 0 Å². The molecule has 2 aromatic rings. The van der Waals surface area contributed by atoms with Crippen LogP contribution in [-0.4, -0.2) is 28.4 Å². The first-order valence-corrected chi connectivity index (χ1v) is 8.02. The predicted octanol–water partition coefficient (Wildman–Crippen LogP) is 2.69. The van der Waals surface area contributed by atoms with Gasteiger partial charge in [0, 0.05) is 29.9 Å². The number of hydrogen-bond donors (Lipinski definition) is 1.